The summed E-state index contributed by atoms with van der Waals surface area (Å²) in [5.41, 5.74) is 1.04. The van der Waals surface area contributed by atoms with Gasteiger partial charge in [0.05, 0.1) is 12.6 Å². The maximum absolute atomic E-state index is 12.6. The predicted octanol–water partition coefficient (Wildman–Crippen LogP) is 2.93. The standard InChI is InChI=1S/C22H31N5O2/c1-16-24-22(26-25-16)18-8-6-12-27(14-18)15-21(28)23-13-17-7-2-5-11-20(17)29-19-9-3-4-10-19/h2,5,7,11,18-19H,3-4,6,8-10,12-15H2,1H3,(H,23,28)(H,24,25,26)/t18-/m0/s1. The Hall–Kier alpha value is -2.41. The van der Waals surface area contributed by atoms with Crippen LogP contribution in [0.5, 0.6) is 5.75 Å². The van der Waals surface area contributed by atoms with Crippen LogP contribution in [-0.4, -0.2) is 51.7 Å². The molecule has 29 heavy (non-hydrogen) atoms. The molecular formula is C22H31N5O2. The fourth-order valence-corrected chi connectivity index (χ4v) is 4.36. The van der Waals surface area contributed by atoms with Crippen molar-refractivity contribution >= 4 is 5.91 Å². The zero-order valence-corrected chi connectivity index (χ0v) is 17.2. The number of benzene rings is 1. The number of amides is 1. The van der Waals surface area contributed by atoms with Gasteiger partial charge in [0.25, 0.3) is 0 Å². The summed E-state index contributed by atoms with van der Waals surface area (Å²) in [5, 5.41) is 10.3. The number of rotatable bonds is 7. The lowest BCUT2D eigenvalue weighted by atomic mass is 9.97. The number of nitrogens with zero attached hydrogens (tertiary/aromatic N) is 3. The number of hydrogen-bond acceptors (Lipinski definition) is 5. The monoisotopic (exact) mass is 397 g/mol. The van der Waals surface area contributed by atoms with Gasteiger partial charge in [-0.15, -0.1) is 0 Å². The Morgan fingerprint density at radius 1 is 1.24 bits per heavy atom. The van der Waals surface area contributed by atoms with Crippen molar-refractivity contribution in [1.29, 1.82) is 0 Å². The van der Waals surface area contributed by atoms with Crippen molar-refractivity contribution in [1.82, 2.24) is 25.4 Å². The highest BCUT2D eigenvalue weighted by atomic mass is 16.5. The second-order valence-corrected chi connectivity index (χ2v) is 8.26. The third-order valence-corrected chi connectivity index (χ3v) is 5.90. The van der Waals surface area contributed by atoms with Crippen LogP contribution in [0.1, 0.15) is 61.7 Å². The number of ether oxygens (including phenoxy) is 1. The Morgan fingerprint density at radius 2 is 2.07 bits per heavy atom. The molecule has 2 aromatic rings. The summed E-state index contributed by atoms with van der Waals surface area (Å²) in [5.74, 6) is 2.95. The van der Waals surface area contributed by atoms with Crippen molar-refractivity contribution in [2.24, 2.45) is 0 Å². The van der Waals surface area contributed by atoms with Gasteiger partial charge in [-0.2, -0.15) is 5.10 Å². The summed E-state index contributed by atoms with van der Waals surface area (Å²) in [6.45, 7) is 4.59. The third-order valence-electron chi connectivity index (χ3n) is 5.90. The fraction of sp³-hybridized carbons (Fsp3) is 0.591. The highest BCUT2D eigenvalue weighted by Crippen LogP contribution is 2.27. The van der Waals surface area contributed by atoms with Gasteiger partial charge in [0.2, 0.25) is 5.91 Å². The van der Waals surface area contributed by atoms with E-state index in [2.05, 4.69) is 25.4 Å². The van der Waals surface area contributed by atoms with Gasteiger partial charge in [0, 0.05) is 24.6 Å². The maximum Gasteiger partial charge on any atom is 0.234 e. The number of piperidine rings is 1. The van der Waals surface area contributed by atoms with Crippen molar-refractivity contribution < 1.29 is 9.53 Å². The number of carbonyl (C=O) groups is 1. The highest BCUT2D eigenvalue weighted by Gasteiger charge is 2.25. The van der Waals surface area contributed by atoms with Gasteiger partial charge < -0.3 is 10.1 Å². The third kappa shape index (κ3) is 5.35. The normalized spacial score (nSPS) is 20.7. The number of aromatic amines is 1. The van der Waals surface area contributed by atoms with Gasteiger partial charge in [-0.1, -0.05) is 18.2 Å². The molecule has 7 nitrogen and oxygen atoms in total. The molecule has 1 saturated carbocycles. The van der Waals surface area contributed by atoms with Gasteiger partial charge in [-0.3, -0.25) is 14.8 Å². The number of carbonyl (C=O) groups excluding carboxylic acids is 1. The van der Waals surface area contributed by atoms with E-state index < -0.39 is 0 Å². The SMILES string of the molecule is Cc1nc([C@H]2CCCN(CC(=O)NCc3ccccc3OC3CCCC3)C2)n[nH]1. The van der Waals surface area contributed by atoms with Gasteiger partial charge in [0.15, 0.2) is 5.82 Å². The first-order valence-corrected chi connectivity index (χ1v) is 10.8. The number of aromatic nitrogens is 3. The predicted molar refractivity (Wildman–Crippen MR) is 111 cm³/mol. The molecule has 1 aromatic heterocycles. The molecule has 1 aliphatic carbocycles. The molecule has 7 heteroatoms. The molecule has 0 radical (unpaired) electrons. The Morgan fingerprint density at radius 3 is 2.86 bits per heavy atom. The van der Waals surface area contributed by atoms with Crippen molar-refractivity contribution in [2.75, 3.05) is 19.6 Å². The van der Waals surface area contributed by atoms with Crippen LogP contribution in [0.25, 0.3) is 0 Å². The van der Waals surface area contributed by atoms with E-state index >= 15 is 0 Å². The molecule has 1 atom stereocenters. The maximum atomic E-state index is 12.6. The van der Waals surface area contributed by atoms with E-state index in [4.69, 9.17) is 4.74 Å². The molecule has 156 valence electrons. The zero-order valence-electron chi connectivity index (χ0n) is 17.2. The molecule has 2 N–H and O–H groups in total. The van der Waals surface area contributed by atoms with Crippen LogP contribution in [0.15, 0.2) is 24.3 Å². The van der Waals surface area contributed by atoms with Gasteiger partial charge in [0.1, 0.15) is 11.6 Å². The second-order valence-electron chi connectivity index (χ2n) is 8.26. The summed E-state index contributed by atoms with van der Waals surface area (Å²) in [4.78, 5) is 19.2. The van der Waals surface area contributed by atoms with E-state index in [1.165, 1.54) is 12.8 Å². The first-order chi connectivity index (χ1) is 14.2. The van der Waals surface area contributed by atoms with Crippen LogP contribution < -0.4 is 10.1 Å². The Bertz CT molecular complexity index is 815. The van der Waals surface area contributed by atoms with Crippen LogP contribution in [0.3, 0.4) is 0 Å². The number of aryl methyl sites for hydroxylation is 1. The summed E-state index contributed by atoms with van der Waals surface area (Å²) >= 11 is 0. The van der Waals surface area contributed by atoms with Crippen molar-refractivity contribution in [3.8, 4) is 5.75 Å². The van der Waals surface area contributed by atoms with E-state index in [9.17, 15) is 4.79 Å². The van der Waals surface area contributed by atoms with Crippen molar-refractivity contribution in [3.63, 3.8) is 0 Å². The van der Waals surface area contributed by atoms with Crippen LogP contribution in [0.4, 0.5) is 0 Å². The molecule has 1 aromatic carbocycles. The van der Waals surface area contributed by atoms with Crippen LogP contribution in [0.2, 0.25) is 0 Å². The van der Waals surface area contributed by atoms with E-state index in [-0.39, 0.29) is 5.91 Å². The molecular weight excluding hydrogens is 366 g/mol. The second kappa shape index (κ2) is 9.39. The molecule has 4 rings (SSSR count). The molecule has 2 aliphatic rings. The lowest BCUT2D eigenvalue weighted by molar-refractivity contribution is -0.122. The number of likely N-dealkylation sites (tertiary alicyclic amines) is 1. The van der Waals surface area contributed by atoms with Gasteiger partial charge in [-0.25, -0.2) is 4.98 Å². The Labute approximate surface area is 172 Å². The average molecular weight is 398 g/mol. The summed E-state index contributed by atoms with van der Waals surface area (Å²) < 4.78 is 6.18. The Kier molecular flexibility index (Phi) is 6.44. The van der Waals surface area contributed by atoms with E-state index in [1.807, 2.05) is 31.2 Å². The minimum absolute atomic E-state index is 0.0486. The van der Waals surface area contributed by atoms with Gasteiger partial charge in [-0.05, 0) is 58.1 Å². The molecule has 1 amide bonds. The fourth-order valence-electron chi connectivity index (χ4n) is 4.36. The smallest absolute Gasteiger partial charge is 0.234 e. The number of nitrogens with one attached hydrogen (secondary N) is 2. The largest absolute Gasteiger partial charge is 0.490 e. The summed E-state index contributed by atoms with van der Waals surface area (Å²) in [6.07, 6.45) is 7.19. The molecule has 2 fully saturated rings. The summed E-state index contributed by atoms with van der Waals surface area (Å²) in [6, 6.07) is 8.03. The lowest BCUT2D eigenvalue weighted by Crippen LogP contribution is -2.42. The highest BCUT2D eigenvalue weighted by molar-refractivity contribution is 5.78. The van der Waals surface area contributed by atoms with E-state index in [0.717, 1.165) is 61.7 Å². The molecule has 1 aliphatic heterocycles. The minimum atomic E-state index is 0.0486. The van der Waals surface area contributed by atoms with Crippen molar-refractivity contribution in [2.45, 2.75) is 64.0 Å². The lowest BCUT2D eigenvalue weighted by Gasteiger charge is -2.30. The topological polar surface area (TPSA) is 83.1 Å². The minimum Gasteiger partial charge on any atom is -0.490 e. The van der Waals surface area contributed by atoms with Crippen LogP contribution in [0, 0.1) is 6.92 Å². The van der Waals surface area contributed by atoms with Gasteiger partial charge >= 0.3 is 0 Å². The number of para-hydroxylation sites is 1. The van der Waals surface area contributed by atoms with Crippen molar-refractivity contribution in [3.05, 3.63) is 41.5 Å². The first-order valence-electron chi connectivity index (χ1n) is 10.8. The zero-order chi connectivity index (χ0) is 20.1. The molecule has 0 spiro atoms. The van der Waals surface area contributed by atoms with E-state index in [1.54, 1.807) is 0 Å². The molecule has 1 saturated heterocycles. The quantitative estimate of drug-likeness (QED) is 0.751. The molecule has 0 bridgehead atoms. The van der Waals surface area contributed by atoms with Crippen LogP contribution >= 0.6 is 0 Å². The van der Waals surface area contributed by atoms with E-state index in [0.29, 0.717) is 25.1 Å². The Balaban J connectivity index is 1.28. The molecule has 0 unspecified atom stereocenters. The number of hydrogen-bond donors (Lipinski definition) is 2. The summed E-state index contributed by atoms with van der Waals surface area (Å²) in [7, 11) is 0. The average Bonchev–Trinajstić information content (AvgIpc) is 3.39. The molecule has 2 heterocycles. The van der Waals surface area contributed by atoms with Crippen LogP contribution in [-0.2, 0) is 11.3 Å². The number of H-pyrrole nitrogens is 1. The first kappa shape index (κ1) is 19.9.